The number of thiazole rings is 1. The van der Waals surface area contributed by atoms with Crippen LogP contribution in [0.2, 0.25) is 0 Å². The van der Waals surface area contributed by atoms with Crippen LogP contribution in [0.1, 0.15) is 5.69 Å². The van der Waals surface area contributed by atoms with Gasteiger partial charge in [-0.05, 0) is 30.3 Å². The van der Waals surface area contributed by atoms with E-state index in [4.69, 9.17) is 0 Å². The first-order chi connectivity index (χ1) is 13.3. The first kappa shape index (κ1) is 15.8. The minimum Gasteiger partial charge on any atom is -0.340 e. The van der Waals surface area contributed by atoms with Gasteiger partial charge in [-0.3, -0.25) is 4.68 Å². The Hall–Kier alpha value is -3.39. The van der Waals surface area contributed by atoms with E-state index >= 15 is 0 Å². The lowest BCUT2D eigenvalue weighted by atomic mass is 10.2. The van der Waals surface area contributed by atoms with Crippen molar-refractivity contribution in [2.45, 2.75) is 6.54 Å². The molecule has 132 valence electrons. The Kier molecular flexibility index (Phi) is 3.75. The van der Waals surface area contributed by atoms with E-state index in [0.717, 1.165) is 22.3 Å². The highest BCUT2D eigenvalue weighted by molar-refractivity contribution is 7.07. The van der Waals surface area contributed by atoms with Crippen LogP contribution in [0.5, 0.6) is 0 Å². The van der Waals surface area contributed by atoms with Crippen molar-refractivity contribution in [3.8, 4) is 0 Å². The molecule has 0 radical (unpaired) electrons. The van der Waals surface area contributed by atoms with E-state index in [-0.39, 0.29) is 5.82 Å². The highest BCUT2D eigenvalue weighted by Gasteiger charge is 2.10. The Balaban J connectivity index is 1.50. The average Bonchev–Trinajstić information content (AvgIpc) is 3.32. The number of nitrogens with one attached hydrogen (secondary N) is 1. The number of benzene rings is 2. The second kappa shape index (κ2) is 6.40. The standard InChI is InChI=1S/C19H13FN6S/c20-15-2-1-3-16-18(15)19(22-10-21-16)25-13-4-5-17-12(6-13)7-24-26(17)8-14-9-27-11-23-14/h1-7,9-11H,8H2,(H,21,22,25). The maximum absolute atomic E-state index is 14.2. The largest absolute Gasteiger partial charge is 0.340 e. The van der Waals surface area contributed by atoms with Crippen molar-refractivity contribution < 1.29 is 4.39 Å². The fraction of sp³-hybridized carbons (Fsp3) is 0.0526. The molecule has 0 aliphatic heterocycles. The van der Waals surface area contributed by atoms with Gasteiger partial charge in [-0.1, -0.05) is 6.07 Å². The molecule has 3 aromatic heterocycles. The fourth-order valence-corrected chi connectivity index (χ4v) is 3.61. The van der Waals surface area contributed by atoms with Crippen LogP contribution in [0.4, 0.5) is 15.9 Å². The molecule has 5 rings (SSSR count). The molecule has 6 nitrogen and oxygen atoms in total. The van der Waals surface area contributed by atoms with Gasteiger partial charge in [0.1, 0.15) is 18.0 Å². The molecule has 1 N–H and O–H groups in total. The van der Waals surface area contributed by atoms with Crippen LogP contribution in [0.15, 0.2) is 59.8 Å². The van der Waals surface area contributed by atoms with E-state index in [1.165, 1.54) is 12.4 Å². The molecular weight excluding hydrogens is 363 g/mol. The summed E-state index contributed by atoms with van der Waals surface area (Å²) in [7, 11) is 0. The van der Waals surface area contributed by atoms with Crippen LogP contribution in [0.25, 0.3) is 21.8 Å². The molecule has 0 unspecified atom stereocenters. The zero-order valence-electron chi connectivity index (χ0n) is 14.0. The second-order valence-electron chi connectivity index (χ2n) is 6.04. The molecular formula is C19H13FN6S. The predicted molar refractivity (Wildman–Crippen MR) is 104 cm³/mol. The van der Waals surface area contributed by atoms with Crippen molar-refractivity contribution in [3.05, 3.63) is 71.3 Å². The third-order valence-electron chi connectivity index (χ3n) is 4.31. The Morgan fingerprint density at radius 3 is 2.96 bits per heavy atom. The Bertz CT molecular complexity index is 1240. The topological polar surface area (TPSA) is 68.5 Å². The Morgan fingerprint density at radius 2 is 2.07 bits per heavy atom. The lowest BCUT2D eigenvalue weighted by Crippen LogP contribution is -2.01. The van der Waals surface area contributed by atoms with Gasteiger partial charge in [-0.2, -0.15) is 5.10 Å². The number of anilines is 2. The average molecular weight is 376 g/mol. The van der Waals surface area contributed by atoms with E-state index in [0.29, 0.717) is 23.3 Å². The minimum atomic E-state index is -0.354. The van der Waals surface area contributed by atoms with Gasteiger partial charge in [0.05, 0.1) is 40.4 Å². The lowest BCUT2D eigenvalue weighted by molar-refractivity contribution is 0.639. The summed E-state index contributed by atoms with van der Waals surface area (Å²) in [5.74, 6) is 0.0834. The first-order valence-electron chi connectivity index (χ1n) is 8.27. The van der Waals surface area contributed by atoms with E-state index in [1.807, 2.05) is 40.0 Å². The molecule has 0 saturated carbocycles. The number of halogens is 1. The fourth-order valence-electron chi connectivity index (χ4n) is 3.06. The van der Waals surface area contributed by atoms with Crippen LogP contribution in [0, 0.1) is 5.82 Å². The molecule has 0 bridgehead atoms. The summed E-state index contributed by atoms with van der Waals surface area (Å²) in [5.41, 5.74) is 5.17. The monoisotopic (exact) mass is 376 g/mol. The van der Waals surface area contributed by atoms with E-state index in [9.17, 15) is 4.39 Å². The number of nitrogens with zero attached hydrogens (tertiary/aromatic N) is 5. The first-order valence-corrected chi connectivity index (χ1v) is 9.21. The summed E-state index contributed by atoms with van der Waals surface area (Å²) in [5, 5.41) is 11.0. The van der Waals surface area contributed by atoms with Crippen molar-refractivity contribution >= 4 is 44.6 Å². The molecule has 5 aromatic rings. The predicted octanol–water partition coefficient (Wildman–Crippen LogP) is 4.37. The highest BCUT2D eigenvalue weighted by atomic mass is 32.1. The van der Waals surface area contributed by atoms with Gasteiger partial charge in [0.25, 0.3) is 0 Å². The lowest BCUT2D eigenvalue weighted by Gasteiger charge is -2.09. The number of hydrogen-bond donors (Lipinski definition) is 1. The molecule has 0 fully saturated rings. The maximum atomic E-state index is 14.2. The molecule has 0 amide bonds. The summed E-state index contributed by atoms with van der Waals surface area (Å²) >= 11 is 1.57. The quantitative estimate of drug-likeness (QED) is 0.504. The molecule has 0 aliphatic rings. The van der Waals surface area contributed by atoms with E-state index < -0.39 is 0 Å². The van der Waals surface area contributed by atoms with Gasteiger partial charge < -0.3 is 5.32 Å². The normalized spacial score (nSPS) is 11.3. The number of aromatic nitrogens is 5. The van der Waals surface area contributed by atoms with Crippen molar-refractivity contribution in [1.82, 2.24) is 24.7 Å². The third kappa shape index (κ3) is 2.89. The molecule has 8 heteroatoms. The minimum absolute atomic E-state index is 0.354. The number of hydrogen-bond acceptors (Lipinski definition) is 6. The zero-order chi connectivity index (χ0) is 18.2. The van der Waals surface area contributed by atoms with Crippen LogP contribution in [-0.2, 0) is 6.54 Å². The van der Waals surface area contributed by atoms with Gasteiger partial charge in [0.2, 0.25) is 0 Å². The highest BCUT2D eigenvalue weighted by Crippen LogP contribution is 2.27. The van der Waals surface area contributed by atoms with Crippen LogP contribution in [-0.4, -0.2) is 24.7 Å². The summed E-state index contributed by atoms with van der Waals surface area (Å²) in [6.45, 7) is 0.627. The number of fused-ring (bicyclic) bond motifs is 2. The second-order valence-corrected chi connectivity index (χ2v) is 6.76. The summed E-state index contributed by atoms with van der Waals surface area (Å²) < 4.78 is 16.2. The van der Waals surface area contributed by atoms with Crippen LogP contribution in [0.3, 0.4) is 0 Å². The molecule has 0 spiro atoms. The molecule has 0 aliphatic carbocycles. The van der Waals surface area contributed by atoms with Gasteiger partial charge in [-0.25, -0.2) is 19.3 Å². The summed E-state index contributed by atoms with van der Waals surface area (Å²) in [6.07, 6.45) is 3.24. The third-order valence-corrected chi connectivity index (χ3v) is 4.95. The molecule has 2 aromatic carbocycles. The van der Waals surface area contributed by atoms with Crippen LogP contribution < -0.4 is 5.32 Å². The number of rotatable bonds is 4. The Morgan fingerprint density at radius 1 is 1.11 bits per heavy atom. The smallest absolute Gasteiger partial charge is 0.144 e. The Labute approximate surface area is 157 Å². The molecule has 3 heterocycles. The van der Waals surface area contributed by atoms with Crippen molar-refractivity contribution in [1.29, 1.82) is 0 Å². The summed E-state index contributed by atoms with van der Waals surface area (Å²) in [4.78, 5) is 12.6. The summed E-state index contributed by atoms with van der Waals surface area (Å²) in [6, 6.07) is 10.7. The maximum Gasteiger partial charge on any atom is 0.144 e. The van der Waals surface area contributed by atoms with E-state index in [1.54, 1.807) is 23.5 Å². The molecule has 0 atom stereocenters. The van der Waals surface area contributed by atoms with Gasteiger partial charge in [-0.15, -0.1) is 11.3 Å². The van der Waals surface area contributed by atoms with Gasteiger partial charge in [0, 0.05) is 16.5 Å². The van der Waals surface area contributed by atoms with Gasteiger partial charge in [0.15, 0.2) is 0 Å². The zero-order valence-corrected chi connectivity index (χ0v) is 14.8. The van der Waals surface area contributed by atoms with Crippen molar-refractivity contribution in [2.24, 2.45) is 0 Å². The van der Waals surface area contributed by atoms with Crippen molar-refractivity contribution in [3.63, 3.8) is 0 Å². The molecule has 27 heavy (non-hydrogen) atoms. The van der Waals surface area contributed by atoms with E-state index in [2.05, 4.69) is 25.4 Å². The van der Waals surface area contributed by atoms with Crippen molar-refractivity contribution in [2.75, 3.05) is 5.32 Å². The molecule has 0 saturated heterocycles. The van der Waals surface area contributed by atoms with Crippen LogP contribution >= 0.6 is 11.3 Å². The SMILES string of the molecule is Fc1cccc2ncnc(Nc3ccc4c(cnn4Cc4cscn4)c3)c12. The van der Waals surface area contributed by atoms with Gasteiger partial charge >= 0.3 is 0 Å².